The summed E-state index contributed by atoms with van der Waals surface area (Å²) in [5.74, 6) is 0.429. The van der Waals surface area contributed by atoms with Gasteiger partial charge in [-0.25, -0.2) is 0 Å². The molecule has 2 heterocycles. The van der Waals surface area contributed by atoms with Crippen LogP contribution >= 0.6 is 22.9 Å². The number of halogens is 1. The van der Waals surface area contributed by atoms with Gasteiger partial charge in [0.25, 0.3) is 0 Å². The van der Waals surface area contributed by atoms with Crippen molar-refractivity contribution >= 4 is 22.9 Å². The van der Waals surface area contributed by atoms with Crippen molar-refractivity contribution in [2.75, 3.05) is 13.1 Å². The van der Waals surface area contributed by atoms with Crippen molar-refractivity contribution in [3.63, 3.8) is 0 Å². The van der Waals surface area contributed by atoms with Crippen molar-refractivity contribution < 1.29 is 0 Å². The quantitative estimate of drug-likeness (QED) is 0.940. The lowest BCUT2D eigenvalue weighted by Gasteiger charge is -2.15. The fourth-order valence-electron chi connectivity index (χ4n) is 2.77. The van der Waals surface area contributed by atoms with E-state index in [1.54, 1.807) is 11.3 Å². The maximum atomic E-state index is 6.30. The standard InChI is InChI=1S/C15H17ClN2S/c16-15-12(6-7-19-15)8-18-9-13(14(17)10-18)11-4-2-1-3-5-11/h1-7,13-14H,8-10,17H2/t13-,14+/m0/s1. The molecule has 2 N–H and O–H groups in total. The molecule has 0 bridgehead atoms. The molecule has 1 aromatic carbocycles. The van der Waals surface area contributed by atoms with Gasteiger partial charge in [-0.05, 0) is 22.6 Å². The Morgan fingerprint density at radius 2 is 2.00 bits per heavy atom. The molecule has 2 atom stereocenters. The van der Waals surface area contributed by atoms with Gasteiger partial charge >= 0.3 is 0 Å². The molecule has 1 aromatic heterocycles. The van der Waals surface area contributed by atoms with E-state index in [1.165, 1.54) is 11.1 Å². The second kappa shape index (κ2) is 5.63. The average Bonchev–Trinajstić information content (AvgIpc) is 2.98. The molecule has 19 heavy (non-hydrogen) atoms. The third kappa shape index (κ3) is 2.84. The molecule has 1 saturated heterocycles. The summed E-state index contributed by atoms with van der Waals surface area (Å²) < 4.78 is 0.900. The largest absolute Gasteiger partial charge is 0.326 e. The van der Waals surface area contributed by atoms with Crippen LogP contribution in [0.5, 0.6) is 0 Å². The van der Waals surface area contributed by atoms with E-state index in [0.29, 0.717) is 5.92 Å². The summed E-state index contributed by atoms with van der Waals surface area (Å²) in [6.45, 7) is 2.85. The minimum atomic E-state index is 0.208. The van der Waals surface area contributed by atoms with Gasteiger partial charge < -0.3 is 5.73 Å². The van der Waals surface area contributed by atoms with Gasteiger partial charge in [-0.1, -0.05) is 41.9 Å². The maximum absolute atomic E-state index is 6.30. The predicted octanol–water partition coefficient (Wildman–Crippen LogP) is 3.33. The number of rotatable bonds is 3. The van der Waals surface area contributed by atoms with Gasteiger partial charge in [0.2, 0.25) is 0 Å². The average molecular weight is 293 g/mol. The second-order valence-corrected chi connectivity index (χ2v) is 6.61. The Hall–Kier alpha value is -0.870. The molecule has 100 valence electrons. The predicted molar refractivity (Wildman–Crippen MR) is 81.8 cm³/mol. The molecule has 1 fully saturated rings. The van der Waals surface area contributed by atoms with Gasteiger partial charge in [-0.2, -0.15) is 0 Å². The van der Waals surface area contributed by atoms with Crippen molar-refractivity contribution in [2.24, 2.45) is 5.73 Å². The van der Waals surface area contributed by atoms with E-state index in [2.05, 4.69) is 35.2 Å². The van der Waals surface area contributed by atoms with E-state index in [-0.39, 0.29) is 6.04 Å². The van der Waals surface area contributed by atoms with E-state index in [9.17, 15) is 0 Å². The van der Waals surface area contributed by atoms with E-state index in [0.717, 1.165) is 24.0 Å². The highest BCUT2D eigenvalue weighted by atomic mass is 35.5. The number of hydrogen-bond acceptors (Lipinski definition) is 3. The van der Waals surface area contributed by atoms with E-state index in [1.807, 2.05) is 11.4 Å². The maximum Gasteiger partial charge on any atom is 0.0973 e. The first kappa shape index (κ1) is 13.1. The molecule has 0 amide bonds. The van der Waals surface area contributed by atoms with Crippen LogP contribution in [0.25, 0.3) is 0 Å². The normalized spacial score (nSPS) is 23.9. The summed E-state index contributed by atoms with van der Waals surface area (Å²) in [7, 11) is 0. The monoisotopic (exact) mass is 292 g/mol. The molecule has 1 aliphatic heterocycles. The Morgan fingerprint density at radius 1 is 1.21 bits per heavy atom. The molecule has 1 aliphatic rings. The van der Waals surface area contributed by atoms with E-state index in [4.69, 9.17) is 17.3 Å². The Morgan fingerprint density at radius 3 is 2.68 bits per heavy atom. The smallest absolute Gasteiger partial charge is 0.0973 e. The van der Waals surface area contributed by atoms with Crippen molar-refractivity contribution in [3.8, 4) is 0 Å². The number of thiophene rings is 1. The highest BCUT2D eigenvalue weighted by Gasteiger charge is 2.31. The number of nitrogens with zero attached hydrogens (tertiary/aromatic N) is 1. The van der Waals surface area contributed by atoms with Crippen molar-refractivity contribution in [3.05, 3.63) is 57.2 Å². The number of hydrogen-bond donors (Lipinski definition) is 1. The zero-order valence-corrected chi connectivity index (χ0v) is 12.2. The van der Waals surface area contributed by atoms with Crippen LogP contribution in [0.2, 0.25) is 4.34 Å². The first-order valence-electron chi connectivity index (χ1n) is 6.49. The van der Waals surface area contributed by atoms with Crippen molar-refractivity contribution in [1.82, 2.24) is 4.90 Å². The van der Waals surface area contributed by atoms with Crippen LogP contribution in [0.1, 0.15) is 17.0 Å². The van der Waals surface area contributed by atoms with Crippen LogP contribution in [0.15, 0.2) is 41.8 Å². The Bertz CT molecular complexity index is 540. The fraction of sp³-hybridized carbons (Fsp3) is 0.333. The van der Waals surface area contributed by atoms with Gasteiger partial charge in [-0.3, -0.25) is 4.90 Å². The van der Waals surface area contributed by atoms with Crippen molar-refractivity contribution in [2.45, 2.75) is 18.5 Å². The number of likely N-dealkylation sites (tertiary alicyclic amines) is 1. The molecule has 0 saturated carbocycles. The summed E-state index contributed by atoms with van der Waals surface area (Å²) in [5, 5.41) is 2.04. The first-order valence-corrected chi connectivity index (χ1v) is 7.74. The molecule has 0 radical (unpaired) electrons. The second-order valence-electron chi connectivity index (χ2n) is 5.09. The molecule has 0 unspecified atom stereocenters. The molecule has 3 rings (SSSR count). The minimum absolute atomic E-state index is 0.208. The third-order valence-electron chi connectivity index (χ3n) is 3.76. The van der Waals surface area contributed by atoms with E-state index >= 15 is 0 Å². The van der Waals surface area contributed by atoms with Crippen LogP contribution in [0, 0.1) is 0 Å². The lowest BCUT2D eigenvalue weighted by molar-refractivity contribution is 0.324. The Balaban J connectivity index is 1.70. The zero-order chi connectivity index (χ0) is 13.2. The first-order chi connectivity index (χ1) is 9.24. The molecule has 0 aliphatic carbocycles. The highest BCUT2D eigenvalue weighted by molar-refractivity contribution is 7.14. The summed E-state index contributed by atoms with van der Waals surface area (Å²) in [6, 6.07) is 12.9. The topological polar surface area (TPSA) is 29.3 Å². The zero-order valence-electron chi connectivity index (χ0n) is 10.6. The van der Waals surface area contributed by atoms with Crippen LogP contribution in [-0.2, 0) is 6.54 Å². The van der Waals surface area contributed by atoms with Gasteiger partial charge in [0.15, 0.2) is 0 Å². The van der Waals surface area contributed by atoms with Gasteiger partial charge in [0, 0.05) is 31.6 Å². The van der Waals surface area contributed by atoms with E-state index < -0.39 is 0 Å². The van der Waals surface area contributed by atoms with Crippen LogP contribution in [0.4, 0.5) is 0 Å². The summed E-state index contributed by atoms with van der Waals surface area (Å²) >= 11 is 7.76. The van der Waals surface area contributed by atoms with Gasteiger partial charge in [-0.15, -0.1) is 11.3 Å². The molecule has 2 aromatic rings. The molecular weight excluding hydrogens is 276 g/mol. The number of nitrogens with two attached hydrogens (primary N) is 1. The minimum Gasteiger partial charge on any atom is -0.326 e. The summed E-state index contributed by atoms with van der Waals surface area (Å²) in [5.41, 5.74) is 8.85. The van der Waals surface area contributed by atoms with Crippen molar-refractivity contribution in [1.29, 1.82) is 0 Å². The lowest BCUT2D eigenvalue weighted by atomic mass is 9.95. The number of benzene rings is 1. The Labute approximate surface area is 122 Å². The molecule has 4 heteroatoms. The van der Waals surface area contributed by atoms with Crippen LogP contribution in [-0.4, -0.2) is 24.0 Å². The fourth-order valence-corrected chi connectivity index (χ4v) is 3.68. The Kier molecular flexibility index (Phi) is 3.89. The van der Waals surface area contributed by atoms with Crippen LogP contribution < -0.4 is 5.73 Å². The molecule has 2 nitrogen and oxygen atoms in total. The molecular formula is C15H17ClN2S. The van der Waals surface area contributed by atoms with Gasteiger partial charge in [0.05, 0.1) is 4.34 Å². The van der Waals surface area contributed by atoms with Crippen LogP contribution in [0.3, 0.4) is 0 Å². The SMILES string of the molecule is N[C@@H]1CN(Cc2ccsc2Cl)C[C@H]1c1ccccc1. The summed E-state index contributed by atoms with van der Waals surface area (Å²) in [6.07, 6.45) is 0. The highest BCUT2D eigenvalue weighted by Crippen LogP contribution is 2.30. The van der Waals surface area contributed by atoms with Gasteiger partial charge in [0.1, 0.15) is 0 Å². The lowest BCUT2D eigenvalue weighted by Crippen LogP contribution is -2.28. The molecule has 0 spiro atoms. The summed E-state index contributed by atoms with van der Waals surface area (Å²) in [4.78, 5) is 2.40. The third-order valence-corrected chi connectivity index (χ3v) is 5.01.